The maximum Gasteiger partial charge on any atom is 0.321 e. The van der Waals surface area contributed by atoms with Crippen LogP contribution in [0.15, 0.2) is 35.2 Å². The Morgan fingerprint density at radius 2 is 1.82 bits per heavy atom. The molecule has 0 aliphatic carbocycles. The number of amides is 1. The summed E-state index contributed by atoms with van der Waals surface area (Å²) in [6.07, 6.45) is -0.439. The smallest absolute Gasteiger partial charge is 0.321 e. The second kappa shape index (κ2) is 8.99. The van der Waals surface area contributed by atoms with Crippen LogP contribution in [0.1, 0.15) is 12.8 Å². The Morgan fingerprint density at radius 3 is 2.39 bits per heavy atom. The maximum absolute atomic E-state index is 12.7. The number of rotatable bonds is 9. The van der Waals surface area contributed by atoms with Crippen LogP contribution >= 0.6 is 0 Å². The van der Waals surface area contributed by atoms with Crippen molar-refractivity contribution < 1.29 is 28.4 Å². The van der Waals surface area contributed by atoms with Crippen LogP contribution in [0.5, 0.6) is 11.9 Å². The molecule has 0 bridgehead atoms. The predicted octanol–water partition coefficient (Wildman–Crippen LogP) is 1.73. The van der Waals surface area contributed by atoms with Crippen molar-refractivity contribution in [1.82, 2.24) is 9.97 Å². The van der Waals surface area contributed by atoms with Crippen molar-refractivity contribution in [2.24, 2.45) is 0 Å². The Bertz CT molecular complexity index is 940. The predicted molar refractivity (Wildman–Crippen MR) is 99.8 cm³/mol. The van der Waals surface area contributed by atoms with Crippen molar-refractivity contribution in [2.45, 2.75) is 17.7 Å². The number of nitrogens with zero attached hydrogens (tertiary/aromatic N) is 2. The first-order valence-corrected chi connectivity index (χ1v) is 9.44. The van der Waals surface area contributed by atoms with Gasteiger partial charge in [0.2, 0.25) is 11.8 Å². The lowest BCUT2D eigenvalue weighted by Gasteiger charge is -2.12. The van der Waals surface area contributed by atoms with E-state index in [4.69, 9.17) is 19.4 Å². The van der Waals surface area contributed by atoms with Crippen LogP contribution in [0.25, 0.3) is 0 Å². The molecule has 150 valence electrons. The van der Waals surface area contributed by atoms with Crippen molar-refractivity contribution >= 4 is 33.3 Å². The minimum Gasteiger partial charge on any atom is -0.481 e. The third-order valence-electron chi connectivity index (χ3n) is 3.36. The summed E-state index contributed by atoms with van der Waals surface area (Å²) in [6, 6.07) is 7.09. The summed E-state index contributed by atoms with van der Waals surface area (Å²) >= 11 is 0. The molecule has 4 N–H and O–H groups in total. The molecule has 1 atom stereocenters. The molecule has 1 aromatic heterocycles. The number of methoxy groups -OCH3 is 2. The van der Waals surface area contributed by atoms with Gasteiger partial charge in [-0.25, -0.2) is 8.99 Å². The van der Waals surface area contributed by atoms with Gasteiger partial charge in [0.25, 0.3) is 0 Å². The van der Waals surface area contributed by atoms with Gasteiger partial charge in [0, 0.05) is 18.2 Å². The van der Waals surface area contributed by atoms with E-state index in [-0.39, 0.29) is 35.4 Å². The zero-order chi connectivity index (χ0) is 20.7. The molecule has 0 aliphatic heterocycles. The zero-order valence-corrected chi connectivity index (χ0v) is 15.9. The van der Waals surface area contributed by atoms with Gasteiger partial charge in [-0.05, 0) is 24.3 Å². The Labute approximate surface area is 161 Å². The van der Waals surface area contributed by atoms with Crippen molar-refractivity contribution in [3.63, 3.8) is 0 Å². The van der Waals surface area contributed by atoms with Gasteiger partial charge in [-0.2, -0.15) is 9.97 Å². The third-order valence-corrected chi connectivity index (χ3v) is 4.79. The largest absolute Gasteiger partial charge is 0.481 e. The molecule has 2 rings (SSSR count). The highest BCUT2D eigenvalue weighted by atomic mass is 32.2. The number of anilines is 2. The van der Waals surface area contributed by atoms with Crippen molar-refractivity contribution in [3.05, 3.63) is 30.3 Å². The molecule has 0 aliphatic rings. The first-order valence-electron chi connectivity index (χ1n) is 7.89. The SMILES string of the molecule is COc1cc(NS(=N)(=O)c2ccc(NC(=O)CCC(=O)O)cc2)nc(OC)n1. The summed E-state index contributed by atoms with van der Waals surface area (Å²) in [5.41, 5.74) is 0.389. The molecule has 1 amide bonds. The van der Waals surface area contributed by atoms with Gasteiger partial charge in [-0.3, -0.25) is 14.3 Å². The van der Waals surface area contributed by atoms with Gasteiger partial charge >= 0.3 is 12.0 Å². The first-order chi connectivity index (χ1) is 13.2. The number of carbonyl (C=O) groups is 2. The molecular weight excluding hydrogens is 390 g/mol. The van der Waals surface area contributed by atoms with E-state index in [1.54, 1.807) is 0 Å². The van der Waals surface area contributed by atoms with E-state index in [0.29, 0.717) is 5.69 Å². The summed E-state index contributed by atoms with van der Waals surface area (Å²) in [7, 11) is -0.715. The van der Waals surface area contributed by atoms with E-state index in [1.807, 2.05) is 0 Å². The van der Waals surface area contributed by atoms with Crippen LogP contribution in [-0.4, -0.2) is 45.4 Å². The van der Waals surface area contributed by atoms with Crippen LogP contribution in [0.3, 0.4) is 0 Å². The molecule has 12 heteroatoms. The molecule has 0 spiro atoms. The molecule has 0 saturated carbocycles. The number of aromatic nitrogens is 2. The van der Waals surface area contributed by atoms with E-state index in [1.165, 1.54) is 44.6 Å². The Balaban J connectivity index is 2.12. The second-order valence-corrected chi connectivity index (χ2v) is 7.19. The number of carboxylic acids is 1. The molecule has 28 heavy (non-hydrogen) atoms. The minimum absolute atomic E-state index is 0.0172. The van der Waals surface area contributed by atoms with Crippen molar-refractivity contribution in [3.8, 4) is 11.9 Å². The van der Waals surface area contributed by atoms with Gasteiger partial charge in [0.05, 0.1) is 25.5 Å². The average molecular weight is 409 g/mol. The Morgan fingerprint density at radius 1 is 1.14 bits per heavy atom. The van der Waals surface area contributed by atoms with Crippen molar-refractivity contribution in [2.75, 3.05) is 24.3 Å². The van der Waals surface area contributed by atoms with Crippen LogP contribution in [0.4, 0.5) is 11.5 Å². The molecule has 2 aromatic rings. The zero-order valence-electron chi connectivity index (χ0n) is 15.1. The number of hydrogen-bond donors (Lipinski definition) is 4. The molecule has 11 nitrogen and oxygen atoms in total. The number of aliphatic carboxylic acids is 1. The average Bonchev–Trinajstić information content (AvgIpc) is 2.66. The Kier molecular flexibility index (Phi) is 6.71. The molecule has 0 radical (unpaired) electrons. The molecule has 0 fully saturated rings. The van der Waals surface area contributed by atoms with E-state index in [0.717, 1.165) is 0 Å². The molecule has 1 heterocycles. The van der Waals surface area contributed by atoms with Crippen molar-refractivity contribution in [1.29, 1.82) is 4.78 Å². The molecule has 1 unspecified atom stereocenters. The monoisotopic (exact) mass is 409 g/mol. The van der Waals surface area contributed by atoms with Crippen LogP contribution in [0.2, 0.25) is 0 Å². The van der Waals surface area contributed by atoms with Gasteiger partial charge in [0.15, 0.2) is 9.92 Å². The topological polar surface area (TPSA) is 164 Å². The van der Waals surface area contributed by atoms with E-state index in [9.17, 15) is 13.8 Å². The lowest BCUT2D eigenvalue weighted by Crippen LogP contribution is -2.14. The molecular formula is C16H19N5O6S. The third kappa shape index (κ3) is 5.81. The first kappa shape index (κ1) is 20.9. The Hall–Kier alpha value is -3.41. The minimum atomic E-state index is -3.47. The number of ether oxygens (including phenoxy) is 2. The summed E-state index contributed by atoms with van der Waals surface area (Å²) in [5, 5.41) is 11.1. The van der Waals surface area contributed by atoms with E-state index < -0.39 is 21.8 Å². The van der Waals surface area contributed by atoms with Gasteiger partial charge < -0.3 is 19.9 Å². The van der Waals surface area contributed by atoms with Gasteiger partial charge in [0.1, 0.15) is 5.82 Å². The lowest BCUT2D eigenvalue weighted by atomic mass is 10.2. The standard InChI is InChI=1S/C16H19N5O6S/c1-26-14-9-12(19-16(20-14)27-2)21-28(17,25)11-5-3-10(4-6-11)18-13(22)7-8-15(23)24/h3-6,9H,7-8H2,1-2H3,(H,18,22)(H,23,24)(H2,17,19,20,21,25). The van der Waals surface area contributed by atoms with Crippen LogP contribution in [-0.2, 0) is 19.5 Å². The number of nitrogens with one attached hydrogen (secondary N) is 3. The number of carbonyl (C=O) groups excluding carboxylic acids is 1. The number of benzene rings is 1. The maximum atomic E-state index is 12.7. The molecule has 0 saturated heterocycles. The number of carboxylic acid groups (broad SMARTS) is 1. The van der Waals surface area contributed by atoms with Gasteiger partial charge in [-0.1, -0.05) is 0 Å². The van der Waals surface area contributed by atoms with Crippen LogP contribution < -0.4 is 19.5 Å². The lowest BCUT2D eigenvalue weighted by molar-refractivity contribution is -0.138. The summed E-state index contributed by atoms with van der Waals surface area (Å²) in [5.74, 6) is -1.28. The normalized spacial score (nSPS) is 12.5. The second-order valence-electron chi connectivity index (χ2n) is 5.41. The van der Waals surface area contributed by atoms with Gasteiger partial charge in [-0.15, -0.1) is 0 Å². The summed E-state index contributed by atoms with van der Waals surface area (Å²) in [6.45, 7) is 0. The highest BCUT2D eigenvalue weighted by Crippen LogP contribution is 2.22. The van der Waals surface area contributed by atoms with E-state index in [2.05, 4.69) is 20.0 Å². The summed E-state index contributed by atoms with van der Waals surface area (Å²) in [4.78, 5) is 30.2. The number of hydrogen-bond acceptors (Lipinski definition) is 8. The highest BCUT2D eigenvalue weighted by Gasteiger charge is 2.14. The fourth-order valence-electron chi connectivity index (χ4n) is 2.03. The van der Waals surface area contributed by atoms with E-state index >= 15 is 0 Å². The fraction of sp³-hybridized carbons (Fsp3) is 0.250. The molecule has 1 aromatic carbocycles. The fourth-order valence-corrected chi connectivity index (χ4v) is 3.07. The highest BCUT2D eigenvalue weighted by molar-refractivity contribution is 7.93. The quantitative estimate of drug-likeness (QED) is 0.486. The summed E-state index contributed by atoms with van der Waals surface area (Å²) < 4.78 is 33.3. The van der Waals surface area contributed by atoms with Crippen LogP contribution in [0, 0.1) is 4.78 Å².